The summed E-state index contributed by atoms with van der Waals surface area (Å²) in [6, 6.07) is 1.83. The molecule has 1 amide bonds. The highest BCUT2D eigenvalue weighted by Gasteiger charge is 2.19. The third kappa shape index (κ3) is 3.54. The first-order valence-electron chi connectivity index (χ1n) is 6.15. The highest BCUT2D eigenvalue weighted by molar-refractivity contribution is 5.92. The zero-order valence-electron chi connectivity index (χ0n) is 11.3. The molecular formula is C12H22N4O2. The van der Waals surface area contributed by atoms with E-state index in [1.54, 1.807) is 23.7 Å². The monoisotopic (exact) mass is 254 g/mol. The summed E-state index contributed by atoms with van der Waals surface area (Å²) in [5.74, 6) is -0.0489. The van der Waals surface area contributed by atoms with Crippen LogP contribution in [0.5, 0.6) is 0 Å². The molecule has 6 nitrogen and oxygen atoms in total. The van der Waals surface area contributed by atoms with Crippen LogP contribution in [0.1, 0.15) is 23.1 Å². The summed E-state index contributed by atoms with van der Waals surface area (Å²) in [6.45, 7) is 4.02. The van der Waals surface area contributed by atoms with Crippen LogP contribution in [0.4, 0.5) is 0 Å². The van der Waals surface area contributed by atoms with Crippen LogP contribution in [0.25, 0.3) is 0 Å². The average Bonchev–Trinajstić information content (AvgIpc) is 2.75. The van der Waals surface area contributed by atoms with Crippen molar-refractivity contribution in [2.75, 3.05) is 33.4 Å². The Morgan fingerprint density at radius 2 is 2.28 bits per heavy atom. The molecule has 18 heavy (non-hydrogen) atoms. The molecule has 0 unspecified atom stereocenters. The number of carbonyl (C=O) groups excluding carboxylic acids is 1. The largest absolute Gasteiger partial charge is 0.383 e. The summed E-state index contributed by atoms with van der Waals surface area (Å²) < 4.78 is 6.63. The maximum Gasteiger partial charge on any atom is 0.272 e. The van der Waals surface area contributed by atoms with E-state index in [0.717, 1.165) is 12.1 Å². The van der Waals surface area contributed by atoms with E-state index < -0.39 is 0 Å². The minimum absolute atomic E-state index is 0.0489. The number of aryl methyl sites for hydroxylation is 2. The molecule has 0 aliphatic heterocycles. The molecule has 1 aromatic rings. The van der Waals surface area contributed by atoms with Gasteiger partial charge >= 0.3 is 0 Å². The van der Waals surface area contributed by atoms with Gasteiger partial charge in [0.2, 0.25) is 0 Å². The number of rotatable bonds is 7. The van der Waals surface area contributed by atoms with E-state index in [4.69, 9.17) is 10.5 Å². The van der Waals surface area contributed by atoms with Gasteiger partial charge in [-0.05, 0) is 12.5 Å². The molecule has 0 radical (unpaired) electrons. The Bertz CT molecular complexity index is 389. The van der Waals surface area contributed by atoms with Crippen LogP contribution < -0.4 is 5.73 Å². The number of hydrogen-bond acceptors (Lipinski definition) is 4. The van der Waals surface area contributed by atoms with Crippen LogP contribution in [-0.2, 0) is 18.2 Å². The molecule has 0 spiro atoms. The number of amides is 1. The molecule has 0 saturated heterocycles. The Morgan fingerprint density at radius 3 is 2.78 bits per heavy atom. The molecule has 1 aromatic heterocycles. The summed E-state index contributed by atoms with van der Waals surface area (Å²) in [4.78, 5) is 14.0. The number of ether oxygens (including phenoxy) is 1. The zero-order valence-corrected chi connectivity index (χ0v) is 11.3. The standard InChI is InChI=1S/C12H22N4O2/c1-4-10-9-11(15(2)14-10)12(17)16(6-5-13)7-8-18-3/h9H,4-8,13H2,1-3H3. The zero-order chi connectivity index (χ0) is 13.5. The van der Waals surface area contributed by atoms with Gasteiger partial charge in [0.05, 0.1) is 12.3 Å². The minimum atomic E-state index is -0.0489. The lowest BCUT2D eigenvalue weighted by Crippen LogP contribution is -2.38. The van der Waals surface area contributed by atoms with Crippen molar-refractivity contribution >= 4 is 5.91 Å². The topological polar surface area (TPSA) is 73.4 Å². The molecule has 6 heteroatoms. The first-order valence-corrected chi connectivity index (χ1v) is 6.15. The van der Waals surface area contributed by atoms with Crippen molar-refractivity contribution in [3.05, 3.63) is 17.5 Å². The van der Waals surface area contributed by atoms with Gasteiger partial charge in [0, 0.05) is 33.8 Å². The van der Waals surface area contributed by atoms with Gasteiger partial charge in [-0.1, -0.05) is 6.92 Å². The summed E-state index contributed by atoms with van der Waals surface area (Å²) in [5.41, 5.74) is 7.04. The lowest BCUT2D eigenvalue weighted by atomic mass is 10.2. The van der Waals surface area contributed by atoms with Crippen LogP contribution in [0.3, 0.4) is 0 Å². The predicted octanol–water partition coefficient (Wildman–Crippen LogP) is 0.0298. The van der Waals surface area contributed by atoms with E-state index >= 15 is 0 Å². The molecule has 2 N–H and O–H groups in total. The fourth-order valence-electron chi connectivity index (χ4n) is 1.73. The lowest BCUT2D eigenvalue weighted by Gasteiger charge is -2.21. The second-order valence-electron chi connectivity index (χ2n) is 4.07. The maximum atomic E-state index is 12.3. The smallest absolute Gasteiger partial charge is 0.272 e. The van der Waals surface area contributed by atoms with Crippen LogP contribution in [0, 0.1) is 0 Å². The van der Waals surface area contributed by atoms with Gasteiger partial charge in [0.1, 0.15) is 5.69 Å². The minimum Gasteiger partial charge on any atom is -0.383 e. The van der Waals surface area contributed by atoms with Gasteiger partial charge < -0.3 is 15.4 Å². The van der Waals surface area contributed by atoms with Crippen molar-refractivity contribution in [1.29, 1.82) is 0 Å². The third-order valence-corrected chi connectivity index (χ3v) is 2.76. The van der Waals surface area contributed by atoms with Crippen LogP contribution in [-0.4, -0.2) is 53.9 Å². The fourth-order valence-corrected chi connectivity index (χ4v) is 1.73. The average molecular weight is 254 g/mol. The molecular weight excluding hydrogens is 232 g/mol. The van der Waals surface area contributed by atoms with Crippen molar-refractivity contribution in [2.45, 2.75) is 13.3 Å². The van der Waals surface area contributed by atoms with Crippen molar-refractivity contribution in [1.82, 2.24) is 14.7 Å². The number of aromatic nitrogens is 2. The normalized spacial score (nSPS) is 10.7. The van der Waals surface area contributed by atoms with Crippen molar-refractivity contribution in [3.63, 3.8) is 0 Å². The van der Waals surface area contributed by atoms with Gasteiger partial charge in [0.15, 0.2) is 0 Å². The van der Waals surface area contributed by atoms with E-state index in [1.165, 1.54) is 0 Å². The Kier molecular flexibility index (Phi) is 5.80. The molecule has 0 atom stereocenters. The number of methoxy groups -OCH3 is 1. The van der Waals surface area contributed by atoms with Gasteiger partial charge in [-0.25, -0.2) is 0 Å². The highest BCUT2D eigenvalue weighted by atomic mass is 16.5. The van der Waals surface area contributed by atoms with E-state index in [9.17, 15) is 4.79 Å². The lowest BCUT2D eigenvalue weighted by molar-refractivity contribution is 0.0690. The molecule has 1 heterocycles. The summed E-state index contributed by atoms with van der Waals surface area (Å²) in [5, 5.41) is 4.28. The predicted molar refractivity (Wildman–Crippen MR) is 69.4 cm³/mol. The third-order valence-electron chi connectivity index (χ3n) is 2.76. The maximum absolute atomic E-state index is 12.3. The molecule has 0 saturated carbocycles. The summed E-state index contributed by atoms with van der Waals surface area (Å²) in [7, 11) is 3.40. The second-order valence-corrected chi connectivity index (χ2v) is 4.07. The first-order chi connectivity index (χ1) is 8.63. The van der Waals surface area contributed by atoms with E-state index in [1.807, 2.05) is 13.0 Å². The number of hydrogen-bond donors (Lipinski definition) is 1. The van der Waals surface area contributed by atoms with Gasteiger partial charge in [-0.2, -0.15) is 5.10 Å². The van der Waals surface area contributed by atoms with Gasteiger partial charge in [-0.3, -0.25) is 9.48 Å². The fraction of sp³-hybridized carbons (Fsp3) is 0.667. The number of nitrogens with zero attached hydrogens (tertiary/aromatic N) is 3. The summed E-state index contributed by atoms with van der Waals surface area (Å²) >= 11 is 0. The molecule has 0 fully saturated rings. The molecule has 0 aliphatic carbocycles. The Morgan fingerprint density at radius 1 is 1.56 bits per heavy atom. The molecule has 102 valence electrons. The highest BCUT2D eigenvalue weighted by Crippen LogP contribution is 2.07. The summed E-state index contributed by atoms with van der Waals surface area (Å²) in [6.07, 6.45) is 0.816. The van der Waals surface area contributed by atoms with E-state index in [2.05, 4.69) is 5.10 Å². The van der Waals surface area contributed by atoms with E-state index in [0.29, 0.717) is 31.9 Å². The van der Waals surface area contributed by atoms with Crippen LogP contribution >= 0.6 is 0 Å². The van der Waals surface area contributed by atoms with Crippen LogP contribution in [0.2, 0.25) is 0 Å². The van der Waals surface area contributed by atoms with Crippen molar-refractivity contribution < 1.29 is 9.53 Å². The molecule has 0 aromatic carbocycles. The second kappa shape index (κ2) is 7.13. The SMILES string of the molecule is CCc1cc(C(=O)N(CCN)CCOC)n(C)n1. The Labute approximate surface area is 108 Å². The first kappa shape index (κ1) is 14.7. The molecule has 0 aliphatic rings. The molecule has 1 rings (SSSR count). The van der Waals surface area contributed by atoms with Gasteiger partial charge in [0.25, 0.3) is 5.91 Å². The number of carbonyl (C=O) groups is 1. The van der Waals surface area contributed by atoms with Crippen molar-refractivity contribution in [3.8, 4) is 0 Å². The van der Waals surface area contributed by atoms with Crippen LogP contribution in [0.15, 0.2) is 6.07 Å². The Hall–Kier alpha value is -1.40. The van der Waals surface area contributed by atoms with E-state index in [-0.39, 0.29) is 5.91 Å². The molecule has 0 bridgehead atoms. The number of nitrogens with two attached hydrogens (primary N) is 1. The quantitative estimate of drug-likeness (QED) is 0.745. The Balaban J connectivity index is 2.83. The van der Waals surface area contributed by atoms with Gasteiger partial charge in [-0.15, -0.1) is 0 Å². The van der Waals surface area contributed by atoms with Crippen molar-refractivity contribution in [2.24, 2.45) is 12.8 Å².